The summed E-state index contributed by atoms with van der Waals surface area (Å²) in [4.78, 5) is 11.9. The number of rotatable bonds is 5. The largest absolute Gasteiger partial charge is 0.428 e. The van der Waals surface area contributed by atoms with E-state index in [9.17, 15) is 4.79 Å². The van der Waals surface area contributed by atoms with E-state index in [1.54, 1.807) is 6.07 Å². The fraction of sp³-hybridized carbons (Fsp3) is 0.357. The predicted molar refractivity (Wildman–Crippen MR) is 77.2 cm³/mol. The highest BCUT2D eigenvalue weighted by molar-refractivity contribution is 14.1. The lowest BCUT2D eigenvalue weighted by Crippen LogP contribution is -2.09. The fourth-order valence-electron chi connectivity index (χ4n) is 1.79. The molecule has 3 nitrogen and oxygen atoms in total. The summed E-state index contributed by atoms with van der Waals surface area (Å²) in [5.74, 6) is 0.334. The smallest absolute Gasteiger partial charge is 0.344 e. The molecule has 1 aromatic carbocycles. The summed E-state index contributed by atoms with van der Waals surface area (Å²) in [6.45, 7) is 6.45. The van der Waals surface area contributed by atoms with Gasteiger partial charge in [0.15, 0.2) is 0 Å². The number of hydrogen-bond acceptors (Lipinski definition) is 3. The van der Waals surface area contributed by atoms with E-state index >= 15 is 0 Å². The van der Waals surface area contributed by atoms with Crippen LogP contribution in [0.15, 0.2) is 36.6 Å². The lowest BCUT2D eigenvalue weighted by Gasteiger charge is -2.08. The molecular weight excluding hydrogens is 343 g/mol. The molecule has 2 rings (SSSR count). The highest BCUT2D eigenvalue weighted by Crippen LogP contribution is 2.40. The summed E-state index contributed by atoms with van der Waals surface area (Å²) < 4.78 is 11.6. The van der Waals surface area contributed by atoms with Gasteiger partial charge in [-0.25, -0.2) is 4.79 Å². The average Bonchev–Trinajstić information content (AvgIpc) is 3.09. The average molecular weight is 358 g/mol. The molecule has 1 aliphatic rings. The second-order valence-electron chi connectivity index (χ2n) is 4.17. The molecule has 4 heteroatoms. The summed E-state index contributed by atoms with van der Waals surface area (Å²) >= 11 is 2.12. The van der Waals surface area contributed by atoms with Crippen molar-refractivity contribution < 1.29 is 14.3 Å². The van der Waals surface area contributed by atoms with Crippen molar-refractivity contribution in [3.8, 4) is 0 Å². The first-order chi connectivity index (χ1) is 8.63. The van der Waals surface area contributed by atoms with E-state index in [-0.39, 0.29) is 18.0 Å². The standard InChI is InChI=1S/C14H15IO3/c1-3-17-13-8-11(13)9(2)18-14(16)10-6-4-5-7-12(10)15/h4-7,11,13H,2-3,8H2,1H3/t11-,13+/m0/s1. The van der Waals surface area contributed by atoms with Gasteiger partial charge >= 0.3 is 5.97 Å². The van der Waals surface area contributed by atoms with E-state index in [2.05, 4.69) is 29.2 Å². The zero-order valence-electron chi connectivity index (χ0n) is 10.2. The maximum atomic E-state index is 11.9. The molecule has 2 atom stereocenters. The van der Waals surface area contributed by atoms with E-state index in [1.807, 2.05) is 25.1 Å². The Morgan fingerprint density at radius 1 is 1.50 bits per heavy atom. The second kappa shape index (κ2) is 5.84. The van der Waals surface area contributed by atoms with Crippen LogP contribution in [-0.2, 0) is 9.47 Å². The van der Waals surface area contributed by atoms with Crippen molar-refractivity contribution in [3.05, 3.63) is 45.7 Å². The lowest BCUT2D eigenvalue weighted by atomic mass is 10.2. The van der Waals surface area contributed by atoms with E-state index in [4.69, 9.17) is 9.47 Å². The van der Waals surface area contributed by atoms with Crippen molar-refractivity contribution in [2.24, 2.45) is 5.92 Å². The van der Waals surface area contributed by atoms with Gasteiger partial charge in [-0.05, 0) is 48.1 Å². The third kappa shape index (κ3) is 3.11. The quantitative estimate of drug-likeness (QED) is 0.460. The van der Waals surface area contributed by atoms with Crippen LogP contribution in [0.5, 0.6) is 0 Å². The van der Waals surface area contributed by atoms with Gasteiger partial charge in [0.2, 0.25) is 0 Å². The molecule has 18 heavy (non-hydrogen) atoms. The van der Waals surface area contributed by atoms with Crippen molar-refractivity contribution in [1.29, 1.82) is 0 Å². The first kappa shape index (κ1) is 13.5. The number of ether oxygens (including phenoxy) is 2. The van der Waals surface area contributed by atoms with E-state index in [0.717, 1.165) is 9.99 Å². The molecular formula is C14H15IO3. The van der Waals surface area contributed by atoms with Crippen LogP contribution in [0.4, 0.5) is 0 Å². The fourth-order valence-corrected chi connectivity index (χ4v) is 2.39. The van der Waals surface area contributed by atoms with Gasteiger partial charge < -0.3 is 9.47 Å². The van der Waals surface area contributed by atoms with Gasteiger partial charge in [0.05, 0.1) is 11.7 Å². The molecule has 0 amide bonds. The monoisotopic (exact) mass is 358 g/mol. The van der Waals surface area contributed by atoms with Crippen LogP contribution >= 0.6 is 22.6 Å². The van der Waals surface area contributed by atoms with E-state index < -0.39 is 0 Å². The summed E-state index contributed by atoms with van der Waals surface area (Å²) in [6.07, 6.45) is 1.07. The molecule has 96 valence electrons. The maximum absolute atomic E-state index is 11.9. The minimum Gasteiger partial charge on any atom is -0.428 e. The number of halogens is 1. The Morgan fingerprint density at radius 3 is 2.89 bits per heavy atom. The third-order valence-corrected chi connectivity index (χ3v) is 3.78. The van der Waals surface area contributed by atoms with Crippen LogP contribution < -0.4 is 0 Å². The van der Waals surface area contributed by atoms with Crippen LogP contribution in [0.3, 0.4) is 0 Å². The molecule has 0 aliphatic heterocycles. The minimum atomic E-state index is -0.341. The Hall–Kier alpha value is -0.880. The number of esters is 1. The van der Waals surface area contributed by atoms with Crippen molar-refractivity contribution in [3.63, 3.8) is 0 Å². The maximum Gasteiger partial charge on any atom is 0.344 e. The van der Waals surface area contributed by atoms with Gasteiger partial charge in [-0.1, -0.05) is 18.7 Å². The molecule has 1 aromatic rings. The number of benzene rings is 1. The van der Waals surface area contributed by atoms with E-state index in [1.165, 1.54) is 0 Å². The second-order valence-corrected chi connectivity index (χ2v) is 5.33. The Labute approximate surface area is 120 Å². The number of carbonyl (C=O) groups excluding carboxylic acids is 1. The van der Waals surface area contributed by atoms with Crippen LogP contribution in [-0.4, -0.2) is 18.7 Å². The molecule has 0 saturated heterocycles. The summed E-state index contributed by atoms with van der Waals surface area (Å²) in [6, 6.07) is 7.34. The van der Waals surface area contributed by atoms with Crippen molar-refractivity contribution in [2.45, 2.75) is 19.4 Å². The topological polar surface area (TPSA) is 35.5 Å². The number of hydrogen-bond donors (Lipinski definition) is 0. The Bertz CT molecular complexity index is 470. The van der Waals surface area contributed by atoms with Gasteiger partial charge in [0, 0.05) is 16.1 Å². The molecule has 0 unspecified atom stereocenters. The molecule has 1 aliphatic carbocycles. The molecule has 0 N–H and O–H groups in total. The zero-order valence-corrected chi connectivity index (χ0v) is 12.3. The minimum absolute atomic E-state index is 0.162. The molecule has 0 spiro atoms. The first-order valence-electron chi connectivity index (χ1n) is 5.90. The van der Waals surface area contributed by atoms with Crippen molar-refractivity contribution in [2.75, 3.05) is 6.61 Å². The van der Waals surface area contributed by atoms with E-state index in [0.29, 0.717) is 17.9 Å². The van der Waals surface area contributed by atoms with Crippen molar-refractivity contribution >= 4 is 28.6 Å². The molecule has 0 radical (unpaired) electrons. The summed E-state index contributed by atoms with van der Waals surface area (Å²) in [5, 5.41) is 0. The molecule has 1 saturated carbocycles. The summed E-state index contributed by atoms with van der Waals surface area (Å²) in [5.41, 5.74) is 0.577. The highest BCUT2D eigenvalue weighted by atomic mass is 127. The Morgan fingerprint density at radius 2 is 2.22 bits per heavy atom. The van der Waals surface area contributed by atoms with Gasteiger partial charge in [-0.15, -0.1) is 0 Å². The van der Waals surface area contributed by atoms with Gasteiger partial charge in [-0.3, -0.25) is 0 Å². The van der Waals surface area contributed by atoms with Crippen LogP contribution in [0.25, 0.3) is 0 Å². The van der Waals surface area contributed by atoms with Crippen molar-refractivity contribution in [1.82, 2.24) is 0 Å². The normalized spacial score (nSPS) is 21.4. The molecule has 0 bridgehead atoms. The van der Waals surface area contributed by atoms with Crippen LogP contribution in [0.1, 0.15) is 23.7 Å². The van der Waals surface area contributed by atoms with Gasteiger partial charge in [0.25, 0.3) is 0 Å². The predicted octanol–water partition coefficient (Wildman–Crippen LogP) is 3.39. The lowest BCUT2D eigenvalue weighted by molar-refractivity contribution is 0.0584. The Kier molecular flexibility index (Phi) is 4.40. The van der Waals surface area contributed by atoms with Crippen LogP contribution in [0, 0.1) is 9.49 Å². The van der Waals surface area contributed by atoms with Gasteiger partial charge in [-0.2, -0.15) is 0 Å². The third-order valence-electron chi connectivity index (χ3n) is 2.84. The van der Waals surface area contributed by atoms with Crippen LogP contribution in [0.2, 0.25) is 0 Å². The highest BCUT2D eigenvalue weighted by Gasteiger charge is 2.42. The molecule has 0 aromatic heterocycles. The molecule has 0 heterocycles. The Balaban J connectivity index is 1.93. The first-order valence-corrected chi connectivity index (χ1v) is 6.98. The SMILES string of the molecule is C=C(OC(=O)c1ccccc1I)[C@@H]1C[C@H]1OCC. The number of carbonyl (C=O) groups is 1. The van der Waals surface area contributed by atoms with Gasteiger partial charge in [0.1, 0.15) is 5.76 Å². The molecule has 1 fully saturated rings. The summed E-state index contributed by atoms with van der Waals surface area (Å²) in [7, 11) is 0. The zero-order chi connectivity index (χ0) is 13.1.